The molecular weight excluding hydrogens is 198 g/mol. The Hall–Kier alpha value is -0.530. The first-order valence-corrected chi connectivity index (χ1v) is 7.08. The number of hydrogen-bond donors (Lipinski definition) is 1. The Morgan fingerprint density at radius 2 is 1.38 bits per heavy atom. The van der Waals surface area contributed by atoms with Crippen molar-refractivity contribution in [2.24, 2.45) is 0 Å². The number of carbonyl (C=O) groups is 1. The SMILES string of the molecule is CCCCCCCNC(=O)CCCCCC. The summed E-state index contributed by atoms with van der Waals surface area (Å²) in [7, 11) is 0. The molecule has 0 fully saturated rings. The van der Waals surface area contributed by atoms with Gasteiger partial charge in [0.25, 0.3) is 0 Å². The molecule has 0 aromatic rings. The van der Waals surface area contributed by atoms with E-state index in [1.54, 1.807) is 0 Å². The Morgan fingerprint density at radius 1 is 0.812 bits per heavy atom. The van der Waals surface area contributed by atoms with Crippen LogP contribution in [0.3, 0.4) is 0 Å². The summed E-state index contributed by atoms with van der Waals surface area (Å²) < 4.78 is 0. The Bertz CT molecular complexity index is 157. The fraction of sp³-hybridized carbons (Fsp3) is 0.929. The van der Waals surface area contributed by atoms with E-state index in [-0.39, 0.29) is 5.91 Å². The van der Waals surface area contributed by atoms with E-state index < -0.39 is 0 Å². The minimum Gasteiger partial charge on any atom is -0.356 e. The summed E-state index contributed by atoms with van der Waals surface area (Å²) in [5, 5.41) is 3.00. The standard InChI is InChI=1S/C14H29NO/c1-3-5-7-9-11-13-15-14(16)12-10-8-6-4-2/h3-13H2,1-2H3,(H,15,16). The number of unbranched alkanes of at least 4 members (excludes halogenated alkanes) is 7. The van der Waals surface area contributed by atoms with Crippen LogP contribution in [0.5, 0.6) is 0 Å². The van der Waals surface area contributed by atoms with Gasteiger partial charge < -0.3 is 5.32 Å². The molecule has 0 aliphatic rings. The average molecular weight is 227 g/mol. The van der Waals surface area contributed by atoms with Crippen LogP contribution in [0.2, 0.25) is 0 Å². The molecule has 0 spiro atoms. The fourth-order valence-electron chi connectivity index (χ4n) is 1.76. The highest BCUT2D eigenvalue weighted by Crippen LogP contribution is 2.03. The van der Waals surface area contributed by atoms with Gasteiger partial charge in [0, 0.05) is 13.0 Å². The van der Waals surface area contributed by atoms with Gasteiger partial charge in [-0.1, -0.05) is 58.8 Å². The Kier molecular flexibility index (Phi) is 12.1. The number of nitrogens with one attached hydrogen (secondary N) is 1. The third-order valence-electron chi connectivity index (χ3n) is 2.86. The van der Waals surface area contributed by atoms with Gasteiger partial charge in [0.1, 0.15) is 0 Å². The molecule has 2 heteroatoms. The highest BCUT2D eigenvalue weighted by atomic mass is 16.1. The lowest BCUT2D eigenvalue weighted by molar-refractivity contribution is -0.121. The van der Waals surface area contributed by atoms with E-state index in [1.165, 1.54) is 44.9 Å². The maximum absolute atomic E-state index is 11.4. The van der Waals surface area contributed by atoms with Gasteiger partial charge in [0.2, 0.25) is 5.91 Å². The first kappa shape index (κ1) is 15.5. The zero-order chi connectivity index (χ0) is 12.1. The second-order valence-corrected chi connectivity index (χ2v) is 4.57. The highest BCUT2D eigenvalue weighted by molar-refractivity contribution is 5.75. The van der Waals surface area contributed by atoms with Gasteiger partial charge >= 0.3 is 0 Å². The largest absolute Gasteiger partial charge is 0.356 e. The minimum atomic E-state index is 0.242. The van der Waals surface area contributed by atoms with E-state index in [0.29, 0.717) is 0 Å². The van der Waals surface area contributed by atoms with E-state index in [1.807, 2.05) is 0 Å². The van der Waals surface area contributed by atoms with Crippen molar-refractivity contribution in [2.45, 2.75) is 78.1 Å². The second-order valence-electron chi connectivity index (χ2n) is 4.57. The molecule has 0 radical (unpaired) electrons. The van der Waals surface area contributed by atoms with Crippen LogP contribution in [0.1, 0.15) is 78.1 Å². The van der Waals surface area contributed by atoms with Gasteiger partial charge in [0.05, 0.1) is 0 Å². The molecule has 0 aromatic carbocycles. The van der Waals surface area contributed by atoms with Crippen LogP contribution in [-0.4, -0.2) is 12.5 Å². The lowest BCUT2D eigenvalue weighted by Crippen LogP contribution is -2.23. The predicted octanol–water partition coefficient (Wildman–Crippen LogP) is 4.04. The molecule has 1 N–H and O–H groups in total. The van der Waals surface area contributed by atoms with Crippen molar-refractivity contribution in [3.63, 3.8) is 0 Å². The van der Waals surface area contributed by atoms with Crippen LogP contribution < -0.4 is 5.32 Å². The summed E-state index contributed by atoms with van der Waals surface area (Å²) in [6, 6.07) is 0. The van der Waals surface area contributed by atoms with Gasteiger partial charge in [0.15, 0.2) is 0 Å². The molecule has 2 nitrogen and oxygen atoms in total. The van der Waals surface area contributed by atoms with Crippen molar-refractivity contribution in [3.05, 3.63) is 0 Å². The molecule has 0 aromatic heterocycles. The van der Waals surface area contributed by atoms with Crippen LogP contribution in [0.15, 0.2) is 0 Å². The summed E-state index contributed by atoms with van der Waals surface area (Å²) in [4.78, 5) is 11.4. The summed E-state index contributed by atoms with van der Waals surface area (Å²) in [6.07, 6.45) is 11.8. The lowest BCUT2D eigenvalue weighted by atomic mass is 10.1. The zero-order valence-electron chi connectivity index (χ0n) is 11.2. The van der Waals surface area contributed by atoms with Crippen LogP contribution in [0.4, 0.5) is 0 Å². The van der Waals surface area contributed by atoms with Crippen molar-refractivity contribution >= 4 is 5.91 Å². The molecule has 0 saturated carbocycles. The van der Waals surface area contributed by atoms with Crippen LogP contribution in [0, 0.1) is 0 Å². The molecule has 0 atom stereocenters. The van der Waals surface area contributed by atoms with Crippen LogP contribution >= 0.6 is 0 Å². The second kappa shape index (κ2) is 12.5. The van der Waals surface area contributed by atoms with E-state index in [9.17, 15) is 4.79 Å². The van der Waals surface area contributed by atoms with Crippen LogP contribution in [-0.2, 0) is 4.79 Å². The number of rotatable bonds is 11. The van der Waals surface area contributed by atoms with Crippen molar-refractivity contribution in [3.8, 4) is 0 Å². The normalized spacial score (nSPS) is 10.4. The average Bonchev–Trinajstić information content (AvgIpc) is 2.29. The summed E-state index contributed by atoms with van der Waals surface area (Å²) in [5.41, 5.74) is 0. The van der Waals surface area contributed by atoms with Crippen molar-refractivity contribution < 1.29 is 4.79 Å². The highest BCUT2D eigenvalue weighted by Gasteiger charge is 1.99. The van der Waals surface area contributed by atoms with E-state index in [4.69, 9.17) is 0 Å². The lowest BCUT2D eigenvalue weighted by Gasteiger charge is -2.04. The summed E-state index contributed by atoms with van der Waals surface area (Å²) >= 11 is 0. The van der Waals surface area contributed by atoms with Gasteiger partial charge in [-0.05, 0) is 12.8 Å². The molecule has 0 unspecified atom stereocenters. The summed E-state index contributed by atoms with van der Waals surface area (Å²) in [6.45, 7) is 5.28. The first-order chi connectivity index (χ1) is 7.81. The molecule has 0 aliphatic heterocycles. The molecule has 0 heterocycles. The quantitative estimate of drug-likeness (QED) is 0.530. The molecule has 0 bridgehead atoms. The molecule has 1 amide bonds. The molecule has 0 aliphatic carbocycles. The fourth-order valence-corrected chi connectivity index (χ4v) is 1.76. The third kappa shape index (κ3) is 11.5. The van der Waals surface area contributed by atoms with Gasteiger partial charge in [-0.25, -0.2) is 0 Å². The van der Waals surface area contributed by atoms with Crippen molar-refractivity contribution in [2.75, 3.05) is 6.54 Å². The first-order valence-electron chi connectivity index (χ1n) is 7.08. The van der Waals surface area contributed by atoms with Crippen molar-refractivity contribution in [1.29, 1.82) is 0 Å². The number of hydrogen-bond acceptors (Lipinski definition) is 1. The minimum absolute atomic E-state index is 0.242. The molecule has 0 rings (SSSR count). The maximum atomic E-state index is 11.4. The van der Waals surface area contributed by atoms with Crippen LogP contribution in [0.25, 0.3) is 0 Å². The Balaban J connectivity index is 3.11. The van der Waals surface area contributed by atoms with Gasteiger partial charge in [-0.15, -0.1) is 0 Å². The molecule has 16 heavy (non-hydrogen) atoms. The molecule has 96 valence electrons. The number of amides is 1. The van der Waals surface area contributed by atoms with E-state index in [0.717, 1.165) is 25.8 Å². The third-order valence-corrected chi connectivity index (χ3v) is 2.86. The van der Waals surface area contributed by atoms with E-state index >= 15 is 0 Å². The Morgan fingerprint density at radius 3 is 2.00 bits per heavy atom. The molecular formula is C14H29NO. The number of carbonyl (C=O) groups excluding carboxylic acids is 1. The predicted molar refractivity (Wildman–Crippen MR) is 70.5 cm³/mol. The van der Waals surface area contributed by atoms with E-state index in [2.05, 4.69) is 19.2 Å². The maximum Gasteiger partial charge on any atom is 0.219 e. The summed E-state index contributed by atoms with van der Waals surface area (Å²) in [5.74, 6) is 0.242. The van der Waals surface area contributed by atoms with Gasteiger partial charge in [-0.2, -0.15) is 0 Å². The Labute approximate surface area is 101 Å². The monoisotopic (exact) mass is 227 g/mol. The van der Waals surface area contributed by atoms with Crippen molar-refractivity contribution in [1.82, 2.24) is 5.32 Å². The zero-order valence-corrected chi connectivity index (χ0v) is 11.2. The topological polar surface area (TPSA) is 29.1 Å². The smallest absolute Gasteiger partial charge is 0.219 e. The van der Waals surface area contributed by atoms with Gasteiger partial charge in [-0.3, -0.25) is 4.79 Å². The molecule has 0 saturated heterocycles.